The number of rotatable bonds is 3. The van der Waals surface area contributed by atoms with E-state index in [0.717, 1.165) is 30.6 Å². The number of benzene rings is 1. The number of aromatic nitrogens is 2. The maximum atomic E-state index is 12.6. The second-order valence-electron chi connectivity index (χ2n) is 5.96. The van der Waals surface area contributed by atoms with Gasteiger partial charge < -0.3 is 4.90 Å². The summed E-state index contributed by atoms with van der Waals surface area (Å²) in [5.74, 6) is 0.722. The molecule has 1 aliphatic rings. The molecule has 0 N–H and O–H groups in total. The van der Waals surface area contributed by atoms with E-state index in [1.165, 1.54) is 5.56 Å². The molecule has 0 bridgehead atoms. The fourth-order valence-electron chi connectivity index (χ4n) is 3.02. The number of nitrogens with zero attached hydrogens (tertiary/aromatic N) is 3. The molecule has 1 aromatic heterocycles. The lowest BCUT2D eigenvalue weighted by molar-refractivity contribution is -0.118. The molecule has 1 aromatic carbocycles. The Kier molecular flexibility index (Phi) is 3.78. The molecule has 1 atom stereocenters. The van der Waals surface area contributed by atoms with Crippen molar-refractivity contribution in [1.29, 1.82) is 0 Å². The standard InChI is InChI=1S/C17H21N3O/c1-13-9-15-5-3-4-6-16(15)20(11-13)17(21)8-7-14-10-18-19(2)12-14/h3-6,10,12-13H,7-9,11H2,1-2H3. The molecule has 1 unspecified atom stereocenters. The van der Waals surface area contributed by atoms with Crippen LogP contribution in [0.4, 0.5) is 5.69 Å². The van der Waals surface area contributed by atoms with Crippen LogP contribution in [0.15, 0.2) is 36.7 Å². The van der Waals surface area contributed by atoms with E-state index in [9.17, 15) is 4.79 Å². The first-order valence-corrected chi connectivity index (χ1v) is 7.49. The number of hydrogen-bond acceptors (Lipinski definition) is 2. The van der Waals surface area contributed by atoms with Gasteiger partial charge in [-0.05, 0) is 36.0 Å². The second-order valence-corrected chi connectivity index (χ2v) is 5.96. The first-order valence-electron chi connectivity index (χ1n) is 7.49. The third kappa shape index (κ3) is 2.99. The number of hydrogen-bond donors (Lipinski definition) is 0. The van der Waals surface area contributed by atoms with Gasteiger partial charge in [-0.15, -0.1) is 0 Å². The summed E-state index contributed by atoms with van der Waals surface area (Å²) >= 11 is 0. The summed E-state index contributed by atoms with van der Waals surface area (Å²) in [6.07, 6.45) is 6.15. The molecule has 3 rings (SSSR count). The monoisotopic (exact) mass is 283 g/mol. The SMILES string of the molecule is CC1Cc2ccccc2N(C(=O)CCc2cnn(C)c2)C1. The minimum absolute atomic E-state index is 0.206. The molecule has 110 valence electrons. The van der Waals surface area contributed by atoms with Crippen LogP contribution in [0.2, 0.25) is 0 Å². The van der Waals surface area contributed by atoms with Crippen LogP contribution in [0, 0.1) is 5.92 Å². The average molecular weight is 283 g/mol. The zero-order valence-electron chi connectivity index (χ0n) is 12.6. The Balaban J connectivity index is 1.72. The van der Waals surface area contributed by atoms with Crippen molar-refractivity contribution in [2.24, 2.45) is 13.0 Å². The predicted molar refractivity (Wildman–Crippen MR) is 83.2 cm³/mol. The highest BCUT2D eigenvalue weighted by Crippen LogP contribution is 2.29. The Hall–Kier alpha value is -2.10. The van der Waals surface area contributed by atoms with Crippen LogP contribution in [0.3, 0.4) is 0 Å². The van der Waals surface area contributed by atoms with Gasteiger partial charge in [0.05, 0.1) is 6.20 Å². The summed E-state index contributed by atoms with van der Waals surface area (Å²) in [5.41, 5.74) is 3.49. The van der Waals surface area contributed by atoms with Crippen LogP contribution < -0.4 is 4.90 Å². The molecule has 0 radical (unpaired) electrons. The van der Waals surface area contributed by atoms with Crippen molar-refractivity contribution in [3.05, 3.63) is 47.8 Å². The summed E-state index contributed by atoms with van der Waals surface area (Å²) in [6.45, 7) is 3.03. The number of amides is 1. The number of carbonyl (C=O) groups is 1. The van der Waals surface area contributed by atoms with Gasteiger partial charge in [0.25, 0.3) is 0 Å². The molecular formula is C17H21N3O. The zero-order chi connectivity index (χ0) is 14.8. The molecule has 4 heteroatoms. The van der Waals surface area contributed by atoms with Crippen molar-refractivity contribution in [1.82, 2.24) is 9.78 Å². The van der Waals surface area contributed by atoms with Gasteiger partial charge in [0.15, 0.2) is 0 Å². The van der Waals surface area contributed by atoms with Crippen LogP contribution in [-0.4, -0.2) is 22.2 Å². The van der Waals surface area contributed by atoms with Gasteiger partial charge in [0, 0.05) is 31.9 Å². The second kappa shape index (κ2) is 5.72. The Morgan fingerprint density at radius 3 is 2.95 bits per heavy atom. The van der Waals surface area contributed by atoms with Crippen molar-refractivity contribution in [3.8, 4) is 0 Å². The van der Waals surface area contributed by atoms with Crippen molar-refractivity contribution in [2.75, 3.05) is 11.4 Å². The van der Waals surface area contributed by atoms with Crippen LogP contribution in [-0.2, 0) is 24.7 Å². The topological polar surface area (TPSA) is 38.1 Å². The van der Waals surface area contributed by atoms with Crippen molar-refractivity contribution < 1.29 is 4.79 Å². The summed E-state index contributed by atoms with van der Waals surface area (Å²) in [4.78, 5) is 14.5. The Labute approximate surface area is 125 Å². The molecular weight excluding hydrogens is 262 g/mol. The van der Waals surface area contributed by atoms with E-state index in [2.05, 4.69) is 30.2 Å². The van der Waals surface area contributed by atoms with Gasteiger partial charge >= 0.3 is 0 Å². The third-order valence-corrected chi connectivity index (χ3v) is 4.03. The smallest absolute Gasteiger partial charge is 0.227 e. The van der Waals surface area contributed by atoms with Gasteiger partial charge in [-0.3, -0.25) is 9.48 Å². The molecule has 0 spiro atoms. The van der Waals surface area contributed by atoms with E-state index >= 15 is 0 Å². The molecule has 1 aliphatic heterocycles. The van der Waals surface area contributed by atoms with Gasteiger partial charge in [-0.2, -0.15) is 5.10 Å². The molecule has 0 saturated heterocycles. The number of carbonyl (C=O) groups excluding carboxylic acids is 1. The molecule has 21 heavy (non-hydrogen) atoms. The van der Waals surface area contributed by atoms with E-state index in [1.807, 2.05) is 30.4 Å². The first-order chi connectivity index (χ1) is 10.1. The number of aryl methyl sites for hydroxylation is 2. The highest BCUT2D eigenvalue weighted by atomic mass is 16.2. The molecule has 4 nitrogen and oxygen atoms in total. The fourth-order valence-corrected chi connectivity index (χ4v) is 3.02. The number of fused-ring (bicyclic) bond motifs is 1. The molecule has 1 amide bonds. The predicted octanol–water partition coefficient (Wildman–Crippen LogP) is 2.58. The summed E-state index contributed by atoms with van der Waals surface area (Å²) in [7, 11) is 1.90. The van der Waals surface area contributed by atoms with Crippen molar-refractivity contribution >= 4 is 11.6 Å². The lowest BCUT2D eigenvalue weighted by atomic mass is 9.93. The normalized spacial score (nSPS) is 17.6. The van der Waals surface area contributed by atoms with E-state index in [-0.39, 0.29) is 5.91 Å². The Morgan fingerprint density at radius 1 is 1.38 bits per heavy atom. The maximum absolute atomic E-state index is 12.6. The highest BCUT2D eigenvalue weighted by Gasteiger charge is 2.25. The zero-order valence-corrected chi connectivity index (χ0v) is 12.6. The van der Waals surface area contributed by atoms with Crippen molar-refractivity contribution in [2.45, 2.75) is 26.2 Å². The molecule has 2 heterocycles. The molecule has 0 aliphatic carbocycles. The highest BCUT2D eigenvalue weighted by molar-refractivity contribution is 5.94. The summed E-state index contributed by atoms with van der Waals surface area (Å²) in [5, 5.41) is 4.15. The molecule has 2 aromatic rings. The minimum atomic E-state index is 0.206. The van der Waals surface area contributed by atoms with Gasteiger partial charge in [-0.1, -0.05) is 25.1 Å². The van der Waals surface area contributed by atoms with Gasteiger partial charge in [-0.25, -0.2) is 0 Å². The minimum Gasteiger partial charge on any atom is -0.312 e. The third-order valence-electron chi connectivity index (χ3n) is 4.03. The first kappa shape index (κ1) is 13.9. The van der Waals surface area contributed by atoms with E-state index in [1.54, 1.807) is 4.68 Å². The lowest BCUT2D eigenvalue weighted by Crippen LogP contribution is -2.39. The van der Waals surface area contributed by atoms with Gasteiger partial charge in [0.2, 0.25) is 5.91 Å². The summed E-state index contributed by atoms with van der Waals surface area (Å²) < 4.78 is 1.78. The van der Waals surface area contributed by atoms with Crippen LogP contribution >= 0.6 is 0 Å². The van der Waals surface area contributed by atoms with Gasteiger partial charge in [0.1, 0.15) is 0 Å². The Morgan fingerprint density at radius 2 is 2.19 bits per heavy atom. The van der Waals surface area contributed by atoms with E-state index < -0.39 is 0 Å². The van der Waals surface area contributed by atoms with Crippen LogP contribution in [0.25, 0.3) is 0 Å². The fraction of sp³-hybridized carbons (Fsp3) is 0.412. The summed E-state index contributed by atoms with van der Waals surface area (Å²) in [6, 6.07) is 8.25. The molecule has 0 fully saturated rings. The number of para-hydroxylation sites is 1. The van der Waals surface area contributed by atoms with Crippen LogP contribution in [0.1, 0.15) is 24.5 Å². The quantitative estimate of drug-likeness (QED) is 0.868. The van der Waals surface area contributed by atoms with E-state index in [0.29, 0.717) is 12.3 Å². The average Bonchev–Trinajstić information content (AvgIpc) is 2.89. The lowest BCUT2D eigenvalue weighted by Gasteiger charge is -2.33. The molecule has 0 saturated carbocycles. The Bertz CT molecular complexity index is 647. The van der Waals surface area contributed by atoms with Crippen LogP contribution in [0.5, 0.6) is 0 Å². The largest absolute Gasteiger partial charge is 0.312 e. The van der Waals surface area contributed by atoms with Crippen molar-refractivity contribution in [3.63, 3.8) is 0 Å². The van der Waals surface area contributed by atoms with E-state index in [4.69, 9.17) is 0 Å². The number of anilines is 1. The maximum Gasteiger partial charge on any atom is 0.227 e.